The van der Waals surface area contributed by atoms with Crippen molar-refractivity contribution in [3.8, 4) is 0 Å². The molecular formula is C21H20ClFN4OS. The highest BCUT2D eigenvalue weighted by Crippen LogP contribution is 2.24. The fourth-order valence-electron chi connectivity index (χ4n) is 3.20. The highest BCUT2D eigenvalue weighted by molar-refractivity contribution is 7.13. The van der Waals surface area contributed by atoms with Crippen LogP contribution in [0.4, 0.5) is 15.2 Å². The molecule has 0 radical (unpaired) electrons. The summed E-state index contributed by atoms with van der Waals surface area (Å²) in [6.07, 6.45) is 0. The monoisotopic (exact) mass is 430 g/mol. The smallest absolute Gasteiger partial charge is 0.271 e. The van der Waals surface area contributed by atoms with E-state index in [4.69, 9.17) is 11.6 Å². The van der Waals surface area contributed by atoms with Crippen LogP contribution in [0.15, 0.2) is 53.9 Å². The van der Waals surface area contributed by atoms with Gasteiger partial charge in [0.05, 0.1) is 0 Å². The molecule has 1 aromatic heterocycles. The molecule has 1 N–H and O–H groups in total. The SMILES string of the molecule is O=C(NCc1ccc(Cl)cc1)c1csc(N2CCN(c3ccc(F)cc3)CC2)n1. The average molecular weight is 431 g/mol. The van der Waals surface area contributed by atoms with Gasteiger partial charge in [-0.3, -0.25) is 4.79 Å². The number of benzene rings is 2. The van der Waals surface area contributed by atoms with Crippen LogP contribution in [-0.4, -0.2) is 37.1 Å². The van der Waals surface area contributed by atoms with Gasteiger partial charge in [0.2, 0.25) is 0 Å². The maximum Gasteiger partial charge on any atom is 0.271 e. The molecule has 5 nitrogen and oxygen atoms in total. The van der Waals surface area contributed by atoms with E-state index < -0.39 is 0 Å². The Morgan fingerprint density at radius 3 is 2.38 bits per heavy atom. The molecule has 2 aromatic carbocycles. The van der Waals surface area contributed by atoms with Crippen LogP contribution in [0.1, 0.15) is 16.1 Å². The second-order valence-electron chi connectivity index (χ2n) is 6.77. The number of nitrogens with one attached hydrogen (secondary N) is 1. The molecule has 0 spiro atoms. The average Bonchev–Trinajstić information content (AvgIpc) is 3.24. The molecule has 4 rings (SSSR count). The first-order valence-corrected chi connectivity index (χ1v) is 10.6. The number of thiazole rings is 1. The molecule has 3 aromatic rings. The Morgan fingerprint density at radius 1 is 1.03 bits per heavy atom. The number of halogens is 2. The van der Waals surface area contributed by atoms with Crippen LogP contribution in [0, 0.1) is 5.82 Å². The molecule has 1 aliphatic rings. The quantitative estimate of drug-likeness (QED) is 0.659. The number of rotatable bonds is 5. The zero-order valence-electron chi connectivity index (χ0n) is 15.6. The van der Waals surface area contributed by atoms with Gasteiger partial charge >= 0.3 is 0 Å². The van der Waals surface area contributed by atoms with Crippen molar-refractivity contribution in [2.45, 2.75) is 6.54 Å². The van der Waals surface area contributed by atoms with Gasteiger partial charge in [-0.05, 0) is 42.0 Å². The summed E-state index contributed by atoms with van der Waals surface area (Å²) in [4.78, 5) is 21.3. The number of amides is 1. The summed E-state index contributed by atoms with van der Waals surface area (Å²) in [6.45, 7) is 3.68. The number of nitrogens with zero attached hydrogens (tertiary/aromatic N) is 3. The van der Waals surface area contributed by atoms with E-state index in [1.165, 1.54) is 23.5 Å². The van der Waals surface area contributed by atoms with Crippen molar-refractivity contribution in [1.29, 1.82) is 0 Å². The summed E-state index contributed by atoms with van der Waals surface area (Å²) in [5, 5.41) is 6.20. The number of carbonyl (C=O) groups excluding carboxylic acids is 1. The van der Waals surface area contributed by atoms with Crippen molar-refractivity contribution >= 4 is 39.7 Å². The Kier molecular flexibility index (Phi) is 5.97. The molecule has 0 atom stereocenters. The van der Waals surface area contributed by atoms with E-state index in [1.807, 2.05) is 12.1 Å². The van der Waals surface area contributed by atoms with E-state index >= 15 is 0 Å². The Labute approximate surface area is 177 Å². The van der Waals surface area contributed by atoms with Crippen molar-refractivity contribution in [3.05, 3.63) is 76.0 Å². The highest BCUT2D eigenvalue weighted by atomic mass is 35.5. The fraction of sp³-hybridized carbons (Fsp3) is 0.238. The lowest BCUT2D eigenvalue weighted by molar-refractivity contribution is 0.0946. The van der Waals surface area contributed by atoms with Crippen molar-refractivity contribution in [3.63, 3.8) is 0 Å². The maximum absolute atomic E-state index is 13.1. The molecule has 1 amide bonds. The molecular weight excluding hydrogens is 411 g/mol. The van der Waals surface area contributed by atoms with Crippen LogP contribution in [0.2, 0.25) is 5.02 Å². The number of hydrogen-bond acceptors (Lipinski definition) is 5. The second-order valence-corrected chi connectivity index (χ2v) is 8.05. The van der Waals surface area contributed by atoms with Crippen molar-refractivity contribution in [2.75, 3.05) is 36.0 Å². The number of anilines is 2. The third kappa shape index (κ3) is 4.86. The highest BCUT2D eigenvalue weighted by Gasteiger charge is 2.21. The lowest BCUT2D eigenvalue weighted by Gasteiger charge is -2.36. The van der Waals surface area contributed by atoms with Gasteiger partial charge in [0.25, 0.3) is 5.91 Å². The molecule has 0 saturated carbocycles. The third-order valence-electron chi connectivity index (χ3n) is 4.83. The minimum absolute atomic E-state index is 0.188. The van der Waals surface area contributed by atoms with Gasteiger partial charge in [0.1, 0.15) is 11.5 Å². The van der Waals surface area contributed by atoms with E-state index in [1.54, 1.807) is 29.6 Å². The topological polar surface area (TPSA) is 48.5 Å². The molecule has 2 heterocycles. The molecule has 0 bridgehead atoms. The van der Waals surface area contributed by atoms with Crippen molar-refractivity contribution in [1.82, 2.24) is 10.3 Å². The molecule has 29 heavy (non-hydrogen) atoms. The first-order chi connectivity index (χ1) is 14.1. The van der Waals surface area contributed by atoms with Crippen LogP contribution in [0.3, 0.4) is 0 Å². The van der Waals surface area contributed by atoms with E-state index in [-0.39, 0.29) is 11.7 Å². The van der Waals surface area contributed by atoms with Crippen molar-refractivity contribution < 1.29 is 9.18 Å². The lowest BCUT2D eigenvalue weighted by Crippen LogP contribution is -2.46. The zero-order valence-corrected chi connectivity index (χ0v) is 17.2. The normalized spacial score (nSPS) is 14.1. The summed E-state index contributed by atoms with van der Waals surface area (Å²) in [6, 6.07) is 13.9. The van der Waals surface area contributed by atoms with Crippen LogP contribution in [-0.2, 0) is 6.54 Å². The van der Waals surface area contributed by atoms with Crippen LogP contribution in [0.25, 0.3) is 0 Å². The van der Waals surface area contributed by atoms with Gasteiger partial charge < -0.3 is 15.1 Å². The third-order valence-corrected chi connectivity index (χ3v) is 5.99. The second kappa shape index (κ2) is 8.80. The summed E-state index contributed by atoms with van der Waals surface area (Å²) in [5.74, 6) is -0.413. The minimum Gasteiger partial charge on any atom is -0.368 e. The van der Waals surface area contributed by atoms with Gasteiger partial charge in [0, 0.05) is 48.8 Å². The Balaban J connectivity index is 1.31. The Hall–Kier alpha value is -2.64. The molecule has 150 valence electrons. The Morgan fingerprint density at radius 2 is 1.69 bits per heavy atom. The molecule has 0 aliphatic carbocycles. The summed E-state index contributed by atoms with van der Waals surface area (Å²) in [5.41, 5.74) is 2.43. The van der Waals surface area contributed by atoms with Crippen molar-refractivity contribution in [2.24, 2.45) is 0 Å². The predicted octanol–water partition coefficient (Wildman–Crippen LogP) is 4.19. The summed E-state index contributed by atoms with van der Waals surface area (Å²) < 4.78 is 13.1. The first kappa shape index (κ1) is 19.7. The molecule has 0 unspecified atom stereocenters. The summed E-state index contributed by atoms with van der Waals surface area (Å²) >= 11 is 7.35. The van der Waals surface area contributed by atoms with E-state index in [9.17, 15) is 9.18 Å². The minimum atomic E-state index is -0.225. The first-order valence-electron chi connectivity index (χ1n) is 9.32. The predicted molar refractivity (Wildman–Crippen MR) is 116 cm³/mol. The van der Waals surface area contributed by atoms with Crippen LogP contribution < -0.4 is 15.1 Å². The number of aromatic nitrogens is 1. The number of hydrogen-bond donors (Lipinski definition) is 1. The van der Waals surface area contributed by atoms with Gasteiger partial charge in [-0.25, -0.2) is 9.37 Å². The fourth-order valence-corrected chi connectivity index (χ4v) is 4.18. The van der Waals surface area contributed by atoms with Gasteiger partial charge in [-0.2, -0.15) is 0 Å². The zero-order chi connectivity index (χ0) is 20.2. The van der Waals surface area contributed by atoms with Crippen LogP contribution >= 0.6 is 22.9 Å². The Bertz CT molecular complexity index is 969. The molecule has 8 heteroatoms. The standard InChI is InChI=1S/C21H20ClFN4OS/c22-16-3-1-15(2-4-16)13-24-20(28)19-14-29-21(25-19)27-11-9-26(10-12-27)18-7-5-17(23)6-8-18/h1-8,14H,9-13H2,(H,24,28). The van der Waals surface area contributed by atoms with Gasteiger partial charge in [-0.1, -0.05) is 23.7 Å². The van der Waals surface area contributed by atoms with E-state index in [2.05, 4.69) is 20.1 Å². The molecule has 1 aliphatic heterocycles. The molecule has 1 fully saturated rings. The van der Waals surface area contributed by atoms with E-state index in [0.29, 0.717) is 17.3 Å². The number of carbonyl (C=O) groups is 1. The van der Waals surface area contributed by atoms with Crippen LogP contribution in [0.5, 0.6) is 0 Å². The maximum atomic E-state index is 13.1. The molecule has 1 saturated heterocycles. The van der Waals surface area contributed by atoms with E-state index in [0.717, 1.165) is 42.6 Å². The van der Waals surface area contributed by atoms with Gasteiger partial charge in [-0.15, -0.1) is 11.3 Å². The largest absolute Gasteiger partial charge is 0.368 e. The summed E-state index contributed by atoms with van der Waals surface area (Å²) in [7, 11) is 0. The number of piperazine rings is 1. The van der Waals surface area contributed by atoms with Gasteiger partial charge in [0.15, 0.2) is 5.13 Å². The lowest BCUT2D eigenvalue weighted by atomic mass is 10.2.